The Morgan fingerprint density at radius 3 is 1.95 bits per heavy atom. The third kappa shape index (κ3) is 7.52. The maximum absolute atomic E-state index is 10.8. The zero-order chi connectivity index (χ0) is 15.5. The van der Waals surface area contributed by atoms with E-state index in [1.54, 1.807) is 31.2 Å². The number of carboxylic acid groups (broad SMARTS) is 1. The second-order valence-electron chi connectivity index (χ2n) is 4.20. The van der Waals surface area contributed by atoms with Crippen LogP contribution in [0.25, 0.3) is 0 Å². The highest BCUT2D eigenvalue weighted by molar-refractivity contribution is 5.71. The van der Waals surface area contributed by atoms with Gasteiger partial charge in [0, 0.05) is 6.42 Å². The van der Waals surface area contributed by atoms with Gasteiger partial charge in [-0.1, -0.05) is 55.5 Å². The lowest BCUT2D eigenvalue weighted by atomic mass is 10.2. The summed E-state index contributed by atoms with van der Waals surface area (Å²) in [5.74, 6) is -0.373. The summed E-state index contributed by atoms with van der Waals surface area (Å²) in [6.07, 6.45) is 0.524. The topological polar surface area (TPSA) is 63.6 Å². The molecule has 0 heterocycles. The second kappa shape index (κ2) is 9.31. The zero-order valence-electron chi connectivity index (χ0n) is 11.9. The van der Waals surface area contributed by atoms with Crippen LogP contribution < -0.4 is 4.74 Å². The highest BCUT2D eigenvalue weighted by Crippen LogP contribution is 2.08. The Labute approximate surface area is 124 Å². The van der Waals surface area contributed by atoms with Gasteiger partial charge in [0.05, 0.1) is 6.42 Å². The molecular formula is C17H18O4. The first-order valence-electron chi connectivity index (χ1n) is 6.63. The van der Waals surface area contributed by atoms with E-state index < -0.39 is 5.97 Å². The zero-order valence-corrected chi connectivity index (χ0v) is 11.9. The Kier molecular flexibility index (Phi) is 7.29. The minimum atomic E-state index is -0.786. The average molecular weight is 286 g/mol. The molecule has 0 spiro atoms. The highest BCUT2D eigenvalue weighted by Gasteiger charge is 1.98. The molecule has 1 N–H and O–H groups in total. The number of esters is 1. The van der Waals surface area contributed by atoms with Gasteiger partial charge in [0.15, 0.2) is 0 Å². The molecule has 0 saturated heterocycles. The van der Waals surface area contributed by atoms with Gasteiger partial charge in [-0.3, -0.25) is 9.59 Å². The van der Waals surface area contributed by atoms with Crippen LogP contribution in [0.2, 0.25) is 0 Å². The Balaban J connectivity index is 0.000000211. The molecule has 2 rings (SSSR count). The number of hydrogen-bond donors (Lipinski definition) is 1. The minimum Gasteiger partial charge on any atom is -0.481 e. The number of benzene rings is 2. The van der Waals surface area contributed by atoms with Crippen molar-refractivity contribution in [3.63, 3.8) is 0 Å². The van der Waals surface area contributed by atoms with Crippen LogP contribution in [-0.2, 0) is 16.0 Å². The van der Waals surface area contributed by atoms with E-state index >= 15 is 0 Å². The predicted octanol–water partition coefficient (Wildman–Crippen LogP) is 3.32. The second-order valence-corrected chi connectivity index (χ2v) is 4.20. The van der Waals surface area contributed by atoms with Crippen LogP contribution in [0.1, 0.15) is 18.9 Å². The summed E-state index contributed by atoms with van der Waals surface area (Å²) in [4.78, 5) is 20.9. The standard InChI is InChI=1S/C9H10O2.C8H8O2/c1-2-9(10)11-8-6-4-3-5-7-8;9-8(10)6-7-4-2-1-3-5-7/h3-7H,2H2,1H3;1-5H,6H2,(H,9,10). The maximum Gasteiger partial charge on any atom is 0.310 e. The van der Waals surface area contributed by atoms with Crippen molar-refractivity contribution in [1.82, 2.24) is 0 Å². The van der Waals surface area contributed by atoms with Crippen molar-refractivity contribution in [3.8, 4) is 5.75 Å². The van der Waals surface area contributed by atoms with Crippen molar-refractivity contribution >= 4 is 11.9 Å². The van der Waals surface area contributed by atoms with Gasteiger partial charge in [-0.15, -0.1) is 0 Å². The molecule has 0 saturated carbocycles. The van der Waals surface area contributed by atoms with E-state index in [-0.39, 0.29) is 12.4 Å². The Morgan fingerprint density at radius 1 is 0.952 bits per heavy atom. The van der Waals surface area contributed by atoms with Crippen LogP contribution in [0.3, 0.4) is 0 Å². The van der Waals surface area contributed by atoms with Crippen LogP contribution >= 0.6 is 0 Å². The lowest BCUT2D eigenvalue weighted by Crippen LogP contribution is -2.04. The van der Waals surface area contributed by atoms with Crippen LogP contribution in [0.5, 0.6) is 5.75 Å². The lowest BCUT2D eigenvalue weighted by Gasteiger charge is -1.99. The van der Waals surface area contributed by atoms with E-state index in [1.165, 1.54) is 0 Å². The molecule has 0 aliphatic carbocycles. The summed E-state index contributed by atoms with van der Waals surface area (Å²) in [6, 6.07) is 18.2. The summed E-state index contributed by atoms with van der Waals surface area (Å²) < 4.78 is 4.92. The van der Waals surface area contributed by atoms with E-state index in [4.69, 9.17) is 9.84 Å². The lowest BCUT2D eigenvalue weighted by molar-refractivity contribution is -0.136. The number of rotatable bonds is 4. The Morgan fingerprint density at radius 2 is 1.48 bits per heavy atom. The van der Waals surface area contributed by atoms with Crippen molar-refractivity contribution in [2.24, 2.45) is 0 Å². The molecular weight excluding hydrogens is 268 g/mol. The number of aliphatic carboxylic acids is 1. The quantitative estimate of drug-likeness (QED) is 0.691. The summed E-state index contributed by atoms with van der Waals surface area (Å²) in [7, 11) is 0. The molecule has 0 radical (unpaired) electrons. The van der Waals surface area contributed by atoms with Gasteiger partial charge in [-0.25, -0.2) is 0 Å². The van der Waals surface area contributed by atoms with Crippen molar-refractivity contribution in [2.45, 2.75) is 19.8 Å². The van der Waals surface area contributed by atoms with E-state index in [1.807, 2.05) is 36.4 Å². The Bertz CT molecular complexity index is 550. The summed E-state index contributed by atoms with van der Waals surface area (Å²) in [5.41, 5.74) is 0.843. The smallest absolute Gasteiger partial charge is 0.310 e. The number of ether oxygens (including phenoxy) is 1. The van der Waals surface area contributed by atoms with Gasteiger partial charge in [0.1, 0.15) is 5.75 Å². The molecule has 0 aliphatic heterocycles. The molecule has 0 atom stereocenters. The van der Waals surface area contributed by atoms with Crippen molar-refractivity contribution in [1.29, 1.82) is 0 Å². The molecule has 0 amide bonds. The van der Waals surface area contributed by atoms with E-state index in [9.17, 15) is 9.59 Å². The summed E-state index contributed by atoms with van der Waals surface area (Å²) >= 11 is 0. The fraction of sp³-hybridized carbons (Fsp3) is 0.176. The molecule has 0 fully saturated rings. The minimum absolute atomic E-state index is 0.112. The first kappa shape index (κ1) is 16.4. The summed E-state index contributed by atoms with van der Waals surface area (Å²) in [6.45, 7) is 1.77. The number of carbonyl (C=O) groups excluding carboxylic acids is 1. The van der Waals surface area contributed by atoms with E-state index in [0.29, 0.717) is 12.2 Å². The van der Waals surface area contributed by atoms with Gasteiger partial charge in [0.25, 0.3) is 0 Å². The highest BCUT2D eigenvalue weighted by atomic mass is 16.5. The molecule has 2 aromatic carbocycles. The molecule has 2 aromatic rings. The fourth-order valence-corrected chi connectivity index (χ4v) is 1.46. The fourth-order valence-electron chi connectivity index (χ4n) is 1.46. The van der Waals surface area contributed by atoms with Gasteiger partial charge >= 0.3 is 11.9 Å². The number of carboxylic acids is 1. The van der Waals surface area contributed by atoms with Crippen LogP contribution in [0.15, 0.2) is 60.7 Å². The van der Waals surface area contributed by atoms with Crippen LogP contribution in [0, 0.1) is 0 Å². The van der Waals surface area contributed by atoms with Crippen molar-refractivity contribution in [2.75, 3.05) is 0 Å². The predicted molar refractivity (Wildman–Crippen MR) is 80.1 cm³/mol. The molecule has 4 nitrogen and oxygen atoms in total. The van der Waals surface area contributed by atoms with Gasteiger partial charge < -0.3 is 9.84 Å². The van der Waals surface area contributed by atoms with E-state index in [0.717, 1.165) is 5.56 Å². The SMILES string of the molecule is CCC(=O)Oc1ccccc1.O=C(O)Cc1ccccc1. The maximum atomic E-state index is 10.8. The third-order valence-corrected chi connectivity index (χ3v) is 2.46. The molecule has 21 heavy (non-hydrogen) atoms. The number of para-hydroxylation sites is 1. The van der Waals surface area contributed by atoms with Gasteiger partial charge in [0.2, 0.25) is 0 Å². The Hall–Kier alpha value is -2.62. The van der Waals surface area contributed by atoms with Crippen LogP contribution in [0.4, 0.5) is 0 Å². The van der Waals surface area contributed by atoms with E-state index in [2.05, 4.69) is 0 Å². The van der Waals surface area contributed by atoms with Crippen LogP contribution in [-0.4, -0.2) is 17.0 Å². The molecule has 4 heteroatoms. The average Bonchev–Trinajstić information content (AvgIpc) is 2.49. The summed E-state index contributed by atoms with van der Waals surface area (Å²) in [5, 5.41) is 8.37. The molecule has 0 bridgehead atoms. The van der Waals surface area contributed by atoms with Gasteiger partial charge in [-0.2, -0.15) is 0 Å². The first-order valence-corrected chi connectivity index (χ1v) is 6.63. The molecule has 0 aromatic heterocycles. The molecule has 0 aliphatic rings. The third-order valence-electron chi connectivity index (χ3n) is 2.46. The number of carbonyl (C=O) groups is 2. The monoisotopic (exact) mass is 286 g/mol. The van der Waals surface area contributed by atoms with Crippen molar-refractivity contribution in [3.05, 3.63) is 66.2 Å². The largest absolute Gasteiger partial charge is 0.481 e. The van der Waals surface area contributed by atoms with Gasteiger partial charge in [-0.05, 0) is 17.7 Å². The van der Waals surface area contributed by atoms with Crippen molar-refractivity contribution < 1.29 is 19.4 Å². The molecule has 0 unspecified atom stereocenters. The normalized spacial score (nSPS) is 9.19. The molecule has 110 valence electrons. The number of hydrogen-bond acceptors (Lipinski definition) is 3. The first-order chi connectivity index (χ1) is 10.1.